The van der Waals surface area contributed by atoms with Gasteiger partial charge in [-0.05, 0) is 26.8 Å². The summed E-state index contributed by atoms with van der Waals surface area (Å²) in [6.07, 6.45) is 3.33. The predicted molar refractivity (Wildman–Crippen MR) is 75.3 cm³/mol. The smallest absolute Gasteiger partial charge is 0.262 e. The van der Waals surface area contributed by atoms with Gasteiger partial charge in [0.05, 0.1) is 0 Å². The van der Waals surface area contributed by atoms with E-state index in [1.807, 2.05) is 6.92 Å². The topological polar surface area (TPSA) is 78.1 Å². The van der Waals surface area contributed by atoms with Crippen molar-refractivity contribution < 1.29 is 8.42 Å². The number of hydrogen-bond acceptors (Lipinski definition) is 4. The molecular weight excluding hydrogens is 264 g/mol. The van der Waals surface area contributed by atoms with Gasteiger partial charge in [0.15, 0.2) is 5.03 Å². The maximum Gasteiger partial charge on any atom is 0.262 e. The molecule has 19 heavy (non-hydrogen) atoms. The van der Waals surface area contributed by atoms with Crippen molar-refractivity contribution in [3.8, 4) is 0 Å². The van der Waals surface area contributed by atoms with Crippen molar-refractivity contribution in [3.05, 3.63) is 23.9 Å². The van der Waals surface area contributed by atoms with Crippen molar-refractivity contribution in [3.63, 3.8) is 0 Å². The van der Waals surface area contributed by atoms with Crippen LogP contribution in [-0.4, -0.2) is 43.6 Å². The molecule has 1 aromatic heterocycles. The molecule has 0 aliphatic heterocycles. The van der Waals surface area contributed by atoms with Crippen LogP contribution in [0.15, 0.2) is 17.7 Å². The van der Waals surface area contributed by atoms with Crippen LogP contribution in [0.4, 0.5) is 0 Å². The Balaban J connectivity index is 2.96. The number of aryl methyl sites for hydroxylation is 1. The van der Waals surface area contributed by atoms with Crippen LogP contribution in [0.25, 0.3) is 0 Å². The summed E-state index contributed by atoms with van der Waals surface area (Å²) >= 11 is 0. The molecule has 0 amide bonds. The number of aromatic amines is 1. The van der Waals surface area contributed by atoms with E-state index in [0.717, 1.165) is 18.5 Å². The number of unbranched alkanes of at least 4 members (excludes halogenated alkanes) is 1. The molecule has 0 radical (unpaired) electrons. The third kappa shape index (κ3) is 3.65. The Morgan fingerprint density at radius 2 is 2.21 bits per heavy atom. The van der Waals surface area contributed by atoms with Crippen LogP contribution >= 0.6 is 0 Å². The van der Waals surface area contributed by atoms with Gasteiger partial charge >= 0.3 is 0 Å². The summed E-state index contributed by atoms with van der Waals surface area (Å²) in [7, 11) is -0.185. The standard InChI is InChI=1S/C12H22N4O2S/c1-5-6-7-8-16(4)19(17,18)12-11(9-13-3)10(2)14-15-12/h5,13H,1,6-9H2,2-4H3,(H,14,15). The Morgan fingerprint density at radius 3 is 2.79 bits per heavy atom. The summed E-state index contributed by atoms with van der Waals surface area (Å²) < 4.78 is 26.2. The highest BCUT2D eigenvalue weighted by molar-refractivity contribution is 7.89. The number of nitrogens with zero attached hydrogens (tertiary/aromatic N) is 2. The van der Waals surface area contributed by atoms with Gasteiger partial charge in [-0.25, -0.2) is 8.42 Å². The molecule has 1 heterocycles. The zero-order valence-corrected chi connectivity index (χ0v) is 12.5. The Hall–Kier alpha value is -1.18. The van der Waals surface area contributed by atoms with Crippen LogP contribution in [-0.2, 0) is 16.6 Å². The Morgan fingerprint density at radius 1 is 1.53 bits per heavy atom. The summed E-state index contributed by atoms with van der Waals surface area (Å²) in [5, 5.41) is 9.75. The van der Waals surface area contributed by atoms with E-state index in [1.54, 1.807) is 20.2 Å². The summed E-state index contributed by atoms with van der Waals surface area (Å²) in [5.74, 6) is 0. The molecule has 0 aliphatic carbocycles. The first-order valence-corrected chi connectivity index (χ1v) is 7.64. The van der Waals surface area contributed by atoms with Crippen molar-refractivity contribution in [2.45, 2.75) is 31.3 Å². The molecule has 0 aromatic carbocycles. The molecule has 2 N–H and O–H groups in total. The van der Waals surface area contributed by atoms with Crippen LogP contribution in [0, 0.1) is 6.92 Å². The third-order valence-electron chi connectivity index (χ3n) is 2.93. The van der Waals surface area contributed by atoms with Gasteiger partial charge in [0.2, 0.25) is 0 Å². The van der Waals surface area contributed by atoms with Crippen LogP contribution in [0.1, 0.15) is 24.1 Å². The number of sulfonamides is 1. The lowest BCUT2D eigenvalue weighted by molar-refractivity contribution is 0.459. The van der Waals surface area contributed by atoms with E-state index in [9.17, 15) is 8.42 Å². The molecule has 0 saturated heterocycles. The lowest BCUT2D eigenvalue weighted by Gasteiger charge is -2.16. The van der Waals surface area contributed by atoms with Crippen molar-refractivity contribution in [2.24, 2.45) is 0 Å². The second-order valence-electron chi connectivity index (χ2n) is 4.42. The zero-order valence-electron chi connectivity index (χ0n) is 11.7. The highest BCUT2D eigenvalue weighted by atomic mass is 32.2. The lowest BCUT2D eigenvalue weighted by Crippen LogP contribution is -2.29. The summed E-state index contributed by atoms with van der Waals surface area (Å²) in [6.45, 7) is 6.37. The average molecular weight is 286 g/mol. The van der Waals surface area contributed by atoms with Gasteiger partial charge in [0, 0.05) is 31.4 Å². The molecule has 1 aromatic rings. The fraction of sp³-hybridized carbons (Fsp3) is 0.583. The number of rotatable bonds is 8. The molecule has 0 aliphatic rings. The number of allylic oxidation sites excluding steroid dienone is 1. The van der Waals surface area contributed by atoms with Crippen molar-refractivity contribution >= 4 is 10.0 Å². The first-order valence-electron chi connectivity index (χ1n) is 6.20. The molecule has 1 rings (SSSR count). The fourth-order valence-corrected chi connectivity index (χ4v) is 3.12. The Labute approximate surface area is 114 Å². The molecule has 0 fully saturated rings. The normalized spacial score (nSPS) is 12.0. The van der Waals surface area contributed by atoms with E-state index >= 15 is 0 Å². The SMILES string of the molecule is C=CCCCN(C)S(=O)(=O)c1n[nH]c(C)c1CNC. The second-order valence-corrected chi connectivity index (χ2v) is 6.38. The maximum absolute atomic E-state index is 12.4. The van der Waals surface area contributed by atoms with E-state index in [2.05, 4.69) is 22.1 Å². The summed E-state index contributed by atoms with van der Waals surface area (Å²) in [4.78, 5) is 0. The van der Waals surface area contributed by atoms with Crippen LogP contribution in [0.3, 0.4) is 0 Å². The molecule has 0 atom stereocenters. The van der Waals surface area contributed by atoms with Gasteiger partial charge in [-0.15, -0.1) is 6.58 Å². The molecular formula is C12H22N4O2S. The van der Waals surface area contributed by atoms with Gasteiger partial charge in [0.1, 0.15) is 0 Å². The third-order valence-corrected chi connectivity index (χ3v) is 4.76. The molecule has 108 valence electrons. The van der Waals surface area contributed by atoms with Crippen LogP contribution in [0.2, 0.25) is 0 Å². The minimum absolute atomic E-state index is 0.112. The first-order chi connectivity index (χ1) is 8.95. The van der Waals surface area contributed by atoms with E-state index in [-0.39, 0.29) is 5.03 Å². The van der Waals surface area contributed by atoms with Crippen molar-refractivity contribution in [2.75, 3.05) is 20.6 Å². The van der Waals surface area contributed by atoms with Gasteiger partial charge in [-0.2, -0.15) is 9.40 Å². The van der Waals surface area contributed by atoms with Crippen molar-refractivity contribution in [1.29, 1.82) is 0 Å². The quantitative estimate of drug-likeness (QED) is 0.552. The van der Waals surface area contributed by atoms with Gasteiger partial charge in [-0.1, -0.05) is 6.08 Å². The Kier molecular flexibility index (Phi) is 5.71. The number of nitrogens with one attached hydrogen (secondary N) is 2. The molecule has 6 nitrogen and oxygen atoms in total. The lowest BCUT2D eigenvalue weighted by atomic mass is 10.3. The number of aromatic nitrogens is 2. The zero-order chi connectivity index (χ0) is 14.5. The van der Waals surface area contributed by atoms with E-state index in [1.165, 1.54) is 4.31 Å². The van der Waals surface area contributed by atoms with Crippen LogP contribution in [0.5, 0.6) is 0 Å². The van der Waals surface area contributed by atoms with E-state index < -0.39 is 10.0 Å². The summed E-state index contributed by atoms with van der Waals surface area (Å²) in [6, 6.07) is 0. The molecule has 0 saturated carbocycles. The van der Waals surface area contributed by atoms with E-state index in [4.69, 9.17) is 0 Å². The molecule has 0 spiro atoms. The number of H-pyrrole nitrogens is 1. The monoisotopic (exact) mass is 286 g/mol. The van der Waals surface area contributed by atoms with Gasteiger partial charge < -0.3 is 5.32 Å². The second kappa shape index (κ2) is 6.83. The van der Waals surface area contributed by atoms with Gasteiger partial charge in [0.25, 0.3) is 10.0 Å². The highest BCUT2D eigenvalue weighted by Crippen LogP contribution is 2.19. The predicted octanol–water partition coefficient (Wildman–Crippen LogP) is 1.02. The molecule has 0 bridgehead atoms. The van der Waals surface area contributed by atoms with Crippen molar-refractivity contribution in [1.82, 2.24) is 19.8 Å². The average Bonchev–Trinajstić information content (AvgIpc) is 2.72. The molecule has 0 unspecified atom stereocenters. The molecule has 7 heteroatoms. The summed E-state index contributed by atoms with van der Waals surface area (Å²) in [5.41, 5.74) is 1.46. The minimum atomic E-state index is -3.53. The number of hydrogen-bond donors (Lipinski definition) is 2. The Bertz CT molecular complexity index is 522. The van der Waals surface area contributed by atoms with Gasteiger partial charge in [-0.3, -0.25) is 5.10 Å². The highest BCUT2D eigenvalue weighted by Gasteiger charge is 2.27. The fourth-order valence-electron chi connectivity index (χ4n) is 1.75. The minimum Gasteiger partial charge on any atom is -0.316 e. The largest absolute Gasteiger partial charge is 0.316 e. The van der Waals surface area contributed by atoms with E-state index in [0.29, 0.717) is 18.7 Å². The maximum atomic E-state index is 12.4. The first kappa shape index (κ1) is 15.9. The van der Waals surface area contributed by atoms with Crippen LogP contribution < -0.4 is 5.32 Å².